The van der Waals surface area contributed by atoms with Crippen LogP contribution in [0.3, 0.4) is 0 Å². The first kappa shape index (κ1) is 15.8. The van der Waals surface area contributed by atoms with E-state index in [-0.39, 0.29) is 16.8 Å². The summed E-state index contributed by atoms with van der Waals surface area (Å²) in [6, 6.07) is 4.92. The van der Waals surface area contributed by atoms with Crippen LogP contribution in [0.15, 0.2) is 28.0 Å². The van der Waals surface area contributed by atoms with Crippen LogP contribution in [0.25, 0.3) is 0 Å². The van der Waals surface area contributed by atoms with Gasteiger partial charge in [-0.25, -0.2) is 13.1 Å². The average molecular weight is 340 g/mol. The summed E-state index contributed by atoms with van der Waals surface area (Å²) in [6.45, 7) is 2.09. The first-order valence-electron chi connectivity index (χ1n) is 7.55. The number of amides is 1. The number of anilines is 1. The first-order chi connectivity index (χ1) is 10.5. The number of rotatable bonds is 3. The minimum atomic E-state index is -3.55. The predicted octanol–water partition coefficient (Wildman–Crippen LogP) is 2.59. The highest BCUT2D eigenvalue weighted by Crippen LogP contribution is 2.33. The third kappa shape index (κ3) is 3.31. The Morgan fingerprint density at radius 3 is 2.82 bits per heavy atom. The van der Waals surface area contributed by atoms with Gasteiger partial charge in [0.2, 0.25) is 15.9 Å². The molecule has 3 rings (SSSR count). The van der Waals surface area contributed by atoms with Crippen LogP contribution in [0.1, 0.15) is 32.6 Å². The molecule has 2 aliphatic rings. The second kappa shape index (κ2) is 6.22. The molecule has 22 heavy (non-hydrogen) atoms. The van der Waals surface area contributed by atoms with E-state index in [1.165, 1.54) is 18.2 Å². The molecule has 7 heteroatoms. The second-order valence-electron chi connectivity index (χ2n) is 5.98. The maximum absolute atomic E-state index is 12.6. The quantitative estimate of drug-likeness (QED) is 0.887. The summed E-state index contributed by atoms with van der Waals surface area (Å²) in [6.07, 6.45) is 4.18. The largest absolute Gasteiger partial charge is 0.324 e. The van der Waals surface area contributed by atoms with Crippen molar-refractivity contribution < 1.29 is 13.2 Å². The predicted molar refractivity (Wildman–Crippen MR) is 87.5 cm³/mol. The lowest BCUT2D eigenvalue weighted by molar-refractivity contribution is -0.113. The Kier molecular flexibility index (Phi) is 4.47. The van der Waals surface area contributed by atoms with Crippen molar-refractivity contribution in [2.45, 2.75) is 48.4 Å². The van der Waals surface area contributed by atoms with Crippen LogP contribution in [0.4, 0.5) is 5.69 Å². The fourth-order valence-corrected chi connectivity index (χ4v) is 5.18. The lowest BCUT2D eigenvalue weighted by atomic mass is 9.87. The molecule has 5 nitrogen and oxygen atoms in total. The number of carbonyl (C=O) groups is 1. The molecule has 1 aromatic rings. The molecular formula is C15H20N2O3S2. The van der Waals surface area contributed by atoms with Gasteiger partial charge in [-0.1, -0.05) is 19.8 Å². The zero-order valence-electron chi connectivity index (χ0n) is 12.5. The van der Waals surface area contributed by atoms with Gasteiger partial charge in [0.1, 0.15) is 0 Å². The third-order valence-corrected chi connectivity index (χ3v) is 6.87. The molecule has 1 aliphatic heterocycles. The Hall–Kier alpha value is -1.05. The SMILES string of the molecule is C[C@@H]1CCCC[C@H]1NS(=O)(=O)c1ccc2c(c1)NC(=O)CS2. The summed E-state index contributed by atoms with van der Waals surface area (Å²) in [7, 11) is -3.55. The molecule has 0 radical (unpaired) electrons. The van der Waals surface area contributed by atoms with Crippen molar-refractivity contribution in [1.82, 2.24) is 4.72 Å². The van der Waals surface area contributed by atoms with E-state index < -0.39 is 10.0 Å². The standard InChI is InChI=1S/C15H20N2O3S2/c1-10-4-2-3-5-12(10)17-22(19,20)11-6-7-14-13(8-11)16-15(18)9-21-14/h6-8,10,12,17H,2-5,9H2,1H3,(H,16,18)/t10-,12-/m1/s1. The molecule has 0 unspecified atom stereocenters. The number of sulfonamides is 1. The molecular weight excluding hydrogens is 320 g/mol. The minimum absolute atomic E-state index is 0.00116. The summed E-state index contributed by atoms with van der Waals surface area (Å²) in [5.74, 6) is 0.633. The van der Waals surface area contributed by atoms with Crippen molar-refractivity contribution in [1.29, 1.82) is 0 Å². The number of hydrogen-bond donors (Lipinski definition) is 2. The van der Waals surface area contributed by atoms with E-state index in [4.69, 9.17) is 0 Å². The summed E-state index contributed by atoms with van der Waals surface area (Å²) in [5.41, 5.74) is 0.584. The van der Waals surface area contributed by atoms with E-state index >= 15 is 0 Å². The molecule has 0 aromatic heterocycles. The van der Waals surface area contributed by atoms with Gasteiger partial charge >= 0.3 is 0 Å². The van der Waals surface area contributed by atoms with Gasteiger partial charge in [0.25, 0.3) is 0 Å². The topological polar surface area (TPSA) is 75.3 Å². The van der Waals surface area contributed by atoms with E-state index in [9.17, 15) is 13.2 Å². The van der Waals surface area contributed by atoms with Crippen LogP contribution in [-0.2, 0) is 14.8 Å². The molecule has 0 bridgehead atoms. The Balaban J connectivity index is 1.83. The monoisotopic (exact) mass is 340 g/mol. The first-order valence-corrected chi connectivity index (χ1v) is 10.0. The molecule has 1 heterocycles. The number of nitrogens with one attached hydrogen (secondary N) is 2. The number of hydrogen-bond acceptors (Lipinski definition) is 4. The Bertz CT molecular complexity index is 688. The zero-order chi connectivity index (χ0) is 15.7. The lowest BCUT2D eigenvalue weighted by Gasteiger charge is -2.29. The van der Waals surface area contributed by atoms with Crippen molar-refractivity contribution >= 4 is 33.4 Å². The Morgan fingerprint density at radius 1 is 1.27 bits per heavy atom. The highest BCUT2D eigenvalue weighted by molar-refractivity contribution is 8.00. The van der Waals surface area contributed by atoms with Gasteiger partial charge in [0, 0.05) is 10.9 Å². The van der Waals surface area contributed by atoms with Gasteiger partial charge in [-0.15, -0.1) is 11.8 Å². The van der Waals surface area contributed by atoms with E-state index in [2.05, 4.69) is 17.0 Å². The molecule has 1 fully saturated rings. The van der Waals surface area contributed by atoms with Gasteiger partial charge in [-0.3, -0.25) is 4.79 Å². The normalized spacial score (nSPS) is 25.4. The van der Waals surface area contributed by atoms with Gasteiger partial charge in [0.15, 0.2) is 0 Å². The van der Waals surface area contributed by atoms with Crippen molar-refractivity contribution in [3.63, 3.8) is 0 Å². The summed E-state index contributed by atoms with van der Waals surface area (Å²) in [5, 5.41) is 2.73. The molecule has 2 atom stereocenters. The molecule has 1 amide bonds. The summed E-state index contributed by atoms with van der Waals surface area (Å²) >= 11 is 1.42. The second-order valence-corrected chi connectivity index (χ2v) is 8.72. The lowest BCUT2D eigenvalue weighted by Crippen LogP contribution is -2.41. The van der Waals surface area contributed by atoms with Crippen LogP contribution in [0, 0.1) is 5.92 Å². The fourth-order valence-electron chi connectivity index (χ4n) is 2.99. The van der Waals surface area contributed by atoms with E-state index in [0.29, 0.717) is 17.4 Å². The fraction of sp³-hybridized carbons (Fsp3) is 0.533. The van der Waals surface area contributed by atoms with Crippen molar-refractivity contribution in [2.75, 3.05) is 11.1 Å². The van der Waals surface area contributed by atoms with Crippen molar-refractivity contribution in [3.05, 3.63) is 18.2 Å². The van der Waals surface area contributed by atoms with E-state index in [1.807, 2.05) is 0 Å². The molecule has 0 spiro atoms. The molecule has 0 saturated heterocycles. The molecule has 120 valence electrons. The molecule has 2 N–H and O–H groups in total. The number of fused-ring (bicyclic) bond motifs is 1. The number of thioether (sulfide) groups is 1. The molecule has 1 aromatic carbocycles. The van der Waals surface area contributed by atoms with Gasteiger partial charge < -0.3 is 5.32 Å². The Morgan fingerprint density at radius 2 is 2.05 bits per heavy atom. The van der Waals surface area contributed by atoms with Crippen LogP contribution < -0.4 is 10.0 Å². The van der Waals surface area contributed by atoms with Crippen molar-refractivity contribution in [2.24, 2.45) is 5.92 Å². The zero-order valence-corrected chi connectivity index (χ0v) is 14.1. The maximum atomic E-state index is 12.6. The number of benzene rings is 1. The minimum Gasteiger partial charge on any atom is -0.324 e. The average Bonchev–Trinajstić information content (AvgIpc) is 2.48. The molecule has 1 saturated carbocycles. The van der Waals surface area contributed by atoms with Crippen LogP contribution in [-0.4, -0.2) is 26.1 Å². The highest BCUT2D eigenvalue weighted by Gasteiger charge is 2.27. The van der Waals surface area contributed by atoms with Gasteiger partial charge in [-0.05, 0) is 37.0 Å². The van der Waals surface area contributed by atoms with Crippen LogP contribution >= 0.6 is 11.8 Å². The third-order valence-electron chi connectivity index (χ3n) is 4.31. The smallest absolute Gasteiger partial charge is 0.240 e. The summed E-state index contributed by atoms with van der Waals surface area (Å²) < 4.78 is 28.0. The maximum Gasteiger partial charge on any atom is 0.240 e. The van der Waals surface area contributed by atoms with Crippen LogP contribution in [0.5, 0.6) is 0 Å². The van der Waals surface area contributed by atoms with Crippen LogP contribution in [0.2, 0.25) is 0 Å². The van der Waals surface area contributed by atoms with E-state index in [0.717, 1.165) is 24.2 Å². The summed E-state index contributed by atoms with van der Waals surface area (Å²) in [4.78, 5) is 12.6. The number of carbonyl (C=O) groups excluding carboxylic acids is 1. The Labute approximate surface area is 135 Å². The van der Waals surface area contributed by atoms with E-state index in [1.54, 1.807) is 18.2 Å². The van der Waals surface area contributed by atoms with Crippen molar-refractivity contribution in [3.8, 4) is 0 Å². The van der Waals surface area contributed by atoms with Gasteiger partial charge in [0.05, 0.1) is 16.3 Å². The molecule has 1 aliphatic carbocycles. The van der Waals surface area contributed by atoms with Gasteiger partial charge in [-0.2, -0.15) is 0 Å². The highest BCUT2D eigenvalue weighted by atomic mass is 32.2.